The van der Waals surface area contributed by atoms with Crippen molar-refractivity contribution in [1.29, 1.82) is 0 Å². The Hall–Kier alpha value is -1.07. The van der Waals surface area contributed by atoms with E-state index in [1.165, 1.54) is 25.0 Å². The van der Waals surface area contributed by atoms with E-state index >= 15 is 0 Å². The Morgan fingerprint density at radius 1 is 1.10 bits per heavy atom. The molecule has 1 atom stereocenters. The van der Waals surface area contributed by atoms with Gasteiger partial charge in [-0.3, -0.25) is 0 Å². The van der Waals surface area contributed by atoms with Gasteiger partial charge in [0, 0.05) is 13.1 Å². The number of halogens is 3. The molecule has 1 saturated heterocycles. The maximum absolute atomic E-state index is 12.6. The Balaban J connectivity index is 1.75. The molecule has 0 radical (unpaired) electrons. The first-order chi connectivity index (χ1) is 9.49. The van der Waals surface area contributed by atoms with Crippen LogP contribution in [0.25, 0.3) is 0 Å². The van der Waals surface area contributed by atoms with E-state index in [0.29, 0.717) is 6.54 Å². The molecule has 5 heteroatoms. The molecule has 110 valence electrons. The summed E-state index contributed by atoms with van der Waals surface area (Å²) >= 11 is 0. The molecule has 0 amide bonds. The highest BCUT2D eigenvalue weighted by Gasteiger charge is 2.40. The average Bonchev–Trinajstić information content (AvgIpc) is 2.86. The molecule has 1 heterocycles. The molecule has 2 nitrogen and oxygen atoms in total. The third-order valence-corrected chi connectivity index (χ3v) is 4.29. The summed E-state index contributed by atoms with van der Waals surface area (Å²) in [4.78, 5) is 0. The van der Waals surface area contributed by atoms with Crippen molar-refractivity contribution in [2.24, 2.45) is 0 Å². The van der Waals surface area contributed by atoms with E-state index < -0.39 is 11.7 Å². The lowest BCUT2D eigenvalue weighted by Crippen LogP contribution is -2.49. The molecular formula is C15H18F3NO. The van der Waals surface area contributed by atoms with Gasteiger partial charge in [0.25, 0.3) is 0 Å². The van der Waals surface area contributed by atoms with Crippen LogP contribution < -0.4 is 5.32 Å². The van der Waals surface area contributed by atoms with Gasteiger partial charge in [-0.1, -0.05) is 25.0 Å². The van der Waals surface area contributed by atoms with E-state index in [1.807, 2.05) is 0 Å². The molecule has 3 rings (SSSR count). The predicted octanol–water partition coefficient (Wildman–Crippen LogP) is 3.68. The zero-order valence-electron chi connectivity index (χ0n) is 11.2. The SMILES string of the molecule is FC(F)(F)c1ccc(C2CNCC3(CCCC3)O2)cc1. The van der Waals surface area contributed by atoms with E-state index in [1.54, 1.807) is 0 Å². The normalized spacial score (nSPS) is 26.1. The first kappa shape index (κ1) is 13.9. The van der Waals surface area contributed by atoms with Crippen LogP contribution in [0.15, 0.2) is 24.3 Å². The van der Waals surface area contributed by atoms with E-state index in [0.717, 1.165) is 37.1 Å². The van der Waals surface area contributed by atoms with Crippen molar-refractivity contribution in [2.45, 2.75) is 43.6 Å². The van der Waals surface area contributed by atoms with Crippen LogP contribution in [-0.2, 0) is 10.9 Å². The van der Waals surface area contributed by atoms with Crippen LogP contribution in [-0.4, -0.2) is 18.7 Å². The van der Waals surface area contributed by atoms with Crippen molar-refractivity contribution in [1.82, 2.24) is 5.32 Å². The zero-order valence-corrected chi connectivity index (χ0v) is 11.2. The van der Waals surface area contributed by atoms with E-state index in [2.05, 4.69) is 5.32 Å². The van der Waals surface area contributed by atoms with Gasteiger partial charge in [0.05, 0.1) is 17.3 Å². The van der Waals surface area contributed by atoms with E-state index in [9.17, 15) is 13.2 Å². The van der Waals surface area contributed by atoms with Crippen LogP contribution in [0.1, 0.15) is 42.9 Å². The standard InChI is InChI=1S/C15H18F3NO/c16-15(17,18)12-5-3-11(4-6-12)13-9-19-10-14(20-13)7-1-2-8-14/h3-6,13,19H,1-2,7-10H2. The quantitative estimate of drug-likeness (QED) is 0.850. The molecule has 1 aliphatic heterocycles. The van der Waals surface area contributed by atoms with Crippen LogP contribution in [0, 0.1) is 0 Å². The summed E-state index contributed by atoms with van der Waals surface area (Å²) in [5.74, 6) is 0. The number of alkyl halides is 3. The highest BCUT2D eigenvalue weighted by atomic mass is 19.4. The first-order valence-electron chi connectivity index (χ1n) is 7.04. The van der Waals surface area contributed by atoms with Gasteiger partial charge in [-0.05, 0) is 30.5 Å². The zero-order chi connectivity index (χ0) is 14.2. The van der Waals surface area contributed by atoms with Crippen molar-refractivity contribution >= 4 is 0 Å². The van der Waals surface area contributed by atoms with Gasteiger partial charge in [0.2, 0.25) is 0 Å². The minimum absolute atomic E-state index is 0.106. The minimum Gasteiger partial charge on any atom is -0.364 e. The molecule has 1 aromatic rings. The Morgan fingerprint density at radius 2 is 1.75 bits per heavy atom. The van der Waals surface area contributed by atoms with Crippen molar-refractivity contribution in [2.75, 3.05) is 13.1 Å². The number of morpholine rings is 1. The van der Waals surface area contributed by atoms with E-state index in [4.69, 9.17) is 4.74 Å². The van der Waals surface area contributed by atoms with Crippen LogP contribution in [0.3, 0.4) is 0 Å². The highest BCUT2D eigenvalue weighted by molar-refractivity contribution is 5.26. The number of nitrogens with one attached hydrogen (secondary N) is 1. The Labute approximate surface area is 116 Å². The molecule has 1 aliphatic carbocycles. The number of hydrogen-bond donors (Lipinski definition) is 1. The third kappa shape index (κ3) is 2.69. The summed E-state index contributed by atoms with van der Waals surface area (Å²) < 4.78 is 43.9. The summed E-state index contributed by atoms with van der Waals surface area (Å²) in [7, 11) is 0. The minimum atomic E-state index is -4.28. The summed E-state index contributed by atoms with van der Waals surface area (Å²) in [6.45, 7) is 1.51. The maximum atomic E-state index is 12.6. The summed E-state index contributed by atoms with van der Waals surface area (Å²) in [6, 6.07) is 5.33. The van der Waals surface area contributed by atoms with Gasteiger partial charge in [0.15, 0.2) is 0 Å². The number of hydrogen-bond acceptors (Lipinski definition) is 2. The van der Waals surface area contributed by atoms with Crippen molar-refractivity contribution < 1.29 is 17.9 Å². The lowest BCUT2D eigenvalue weighted by Gasteiger charge is -2.39. The smallest absolute Gasteiger partial charge is 0.364 e. The molecule has 0 aromatic heterocycles. The van der Waals surface area contributed by atoms with Crippen molar-refractivity contribution in [3.8, 4) is 0 Å². The monoisotopic (exact) mass is 285 g/mol. The molecular weight excluding hydrogens is 267 g/mol. The lowest BCUT2D eigenvalue weighted by molar-refractivity contribution is -0.137. The molecule has 1 N–H and O–H groups in total. The van der Waals surface area contributed by atoms with E-state index in [-0.39, 0.29) is 11.7 Å². The van der Waals surface area contributed by atoms with Gasteiger partial charge < -0.3 is 10.1 Å². The third-order valence-electron chi connectivity index (χ3n) is 4.29. The molecule has 20 heavy (non-hydrogen) atoms. The number of ether oxygens (including phenoxy) is 1. The average molecular weight is 285 g/mol. The van der Waals surface area contributed by atoms with Gasteiger partial charge in [0.1, 0.15) is 0 Å². The molecule has 2 aliphatic rings. The van der Waals surface area contributed by atoms with Gasteiger partial charge >= 0.3 is 6.18 Å². The lowest BCUT2D eigenvalue weighted by atomic mass is 9.97. The Bertz CT molecular complexity index is 463. The van der Waals surface area contributed by atoms with Crippen molar-refractivity contribution in [3.05, 3.63) is 35.4 Å². The molecule has 1 spiro atoms. The Kier molecular flexibility index (Phi) is 3.50. The molecule has 0 bridgehead atoms. The second kappa shape index (κ2) is 5.04. The summed E-state index contributed by atoms with van der Waals surface area (Å²) in [5, 5.41) is 3.36. The van der Waals surface area contributed by atoms with Gasteiger partial charge in [-0.15, -0.1) is 0 Å². The number of benzene rings is 1. The molecule has 1 saturated carbocycles. The van der Waals surface area contributed by atoms with Crippen LogP contribution in [0.5, 0.6) is 0 Å². The maximum Gasteiger partial charge on any atom is 0.416 e. The first-order valence-corrected chi connectivity index (χ1v) is 7.04. The largest absolute Gasteiger partial charge is 0.416 e. The van der Waals surface area contributed by atoms with Crippen LogP contribution >= 0.6 is 0 Å². The Morgan fingerprint density at radius 3 is 2.35 bits per heavy atom. The fourth-order valence-electron chi connectivity index (χ4n) is 3.20. The molecule has 2 fully saturated rings. The fourth-order valence-corrected chi connectivity index (χ4v) is 3.20. The second-order valence-corrected chi connectivity index (χ2v) is 5.75. The van der Waals surface area contributed by atoms with Gasteiger partial charge in [-0.25, -0.2) is 0 Å². The predicted molar refractivity (Wildman–Crippen MR) is 69.3 cm³/mol. The van der Waals surface area contributed by atoms with Crippen LogP contribution in [0.4, 0.5) is 13.2 Å². The van der Waals surface area contributed by atoms with Crippen molar-refractivity contribution in [3.63, 3.8) is 0 Å². The fraction of sp³-hybridized carbons (Fsp3) is 0.600. The summed E-state index contributed by atoms with van der Waals surface area (Å²) in [6.07, 6.45) is -0.0160. The second-order valence-electron chi connectivity index (χ2n) is 5.75. The molecule has 1 aromatic carbocycles. The molecule has 1 unspecified atom stereocenters. The van der Waals surface area contributed by atoms with Crippen LogP contribution in [0.2, 0.25) is 0 Å². The number of rotatable bonds is 1. The van der Waals surface area contributed by atoms with Gasteiger partial charge in [-0.2, -0.15) is 13.2 Å². The highest BCUT2D eigenvalue weighted by Crippen LogP contribution is 2.39. The topological polar surface area (TPSA) is 21.3 Å². The summed E-state index contributed by atoms with van der Waals surface area (Å²) in [5.41, 5.74) is 0.100.